The van der Waals surface area contributed by atoms with Gasteiger partial charge in [-0.1, -0.05) is 0 Å². The first-order chi connectivity index (χ1) is 11.9. The third kappa shape index (κ3) is 3.89. The SMILES string of the molecule is CN(C)C(=O)c1cnc(Oc2ccc(C(F)(F)C(F)(F)F)cc2)c(F)c1. The maximum absolute atomic E-state index is 14.0. The van der Waals surface area contributed by atoms with E-state index in [2.05, 4.69) is 4.98 Å². The molecule has 0 atom stereocenters. The molecule has 0 unspecified atom stereocenters. The number of amides is 1. The van der Waals surface area contributed by atoms with Crippen molar-refractivity contribution in [3.8, 4) is 11.6 Å². The van der Waals surface area contributed by atoms with Gasteiger partial charge in [0, 0.05) is 25.9 Å². The van der Waals surface area contributed by atoms with Gasteiger partial charge in [-0.15, -0.1) is 0 Å². The molecule has 0 aliphatic carbocycles. The van der Waals surface area contributed by atoms with Crippen LogP contribution in [0.5, 0.6) is 11.6 Å². The van der Waals surface area contributed by atoms with Gasteiger partial charge in [0.25, 0.3) is 11.8 Å². The number of nitrogens with zero attached hydrogens (tertiary/aromatic N) is 2. The van der Waals surface area contributed by atoms with Crippen LogP contribution < -0.4 is 4.74 Å². The lowest BCUT2D eigenvalue weighted by atomic mass is 10.1. The predicted octanol–water partition coefficient (Wildman–Crippen LogP) is 4.37. The molecule has 26 heavy (non-hydrogen) atoms. The lowest BCUT2D eigenvalue weighted by Crippen LogP contribution is -2.33. The van der Waals surface area contributed by atoms with E-state index < -0.39 is 35.3 Å². The van der Waals surface area contributed by atoms with E-state index in [1.54, 1.807) is 0 Å². The number of alkyl halides is 5. The van der Waals surface area contributed by atoms with Gasteiger partial charge in [-0.3, -0.25) is 4.79 Å². The quantitative estimate of drug-likeness (QED) is 0.742. The summed E-state index contributed by atoms with van der Waals surface area (Å²) in [6, 6.07) is 3.57. The minimum atomic E-state index is -5.74. The number of rotatable bonds is 4. The van der Waals surface area contributed by atoms with Crippen molar-refractivity contribution in [2.75, 3.05) is 14.1 Å². The molecule has 10 heteroatoms. The van der Waals surface area contributed by atoms with Crippen LogP contribution in [0.3, 0.4) is 0 Å². The monoisotopic (exact) mass is 378 g/mol. The minimum absolute atomic E-state index is 0.0417. The van der Waals surface area contributed by atoms with Gasteiger partial charge in [-0.2, -0.15) is 22.0 Å². The number of hydrogen-bond acceptors (Lipinski definition) is 3. The summed E-state index contributed by atoms with van der Waals surface area (Å²) in [7, 11) is 2.92. The molecule has 2 aromatic rings. The lowest BCUT2D eigenvalue weighted by molar-refractivity contribution is -0.289. The second-order valence-corrected chi connectivity index (χ2v) is 5.41. The Balaban J connectivity index is 2.21. The highest BCUT2D eigenvalue weighted by molar-refractivity contribution is 5.93. The van der Waals surface area contributed by atoms with Gasteiger partial charge in [-0.25, -0.2) is 9.37 Å². The first kappa shape index (κ1) is 19.5. The Labute approximate surface area is 144 Å². The van der Waals surface area contributed by atoms with Gasteiger partial charge in [-0.05, 0) is 30.3 Å². The summed E-state index contributed by atoms with van der Waals surface area (Å²) in [4.78, 5) is 16.5. The molecule has 0 bridgehead atoms. The Morgan fingerprint density at radius 2 is 1.65 bits per heavy atom. The summed E-state index contributed by atoms with van der Waals surface area (Å²) < 4.78 is 82.3. The van der Waals surface area contributed by atoms with Crippen LogP contribution in [0, 0.1) is 5.82 Å². The molecule has 2 rings (SSSR count). The standard InChI is InChI=1S/C16H12F6N2O2/c1-24(2)14(25)9-7-12(17)13(23-8-9)26-11-5-3-10(4-6-11)15(18,19)16(20,21)22/h3-8H,1-2H3. The summed E-state index contributed by atoms with van der Waals surface area (Å²) in [6.07, 6.45) is -4.69. The molecule has 4 nitrogen and oxygen atoms in total. The van der Waals surface area contributed by atoms with Crippen molar-refractivity contribution < 1.29 is 35.9 Å². The first-order valence-corrected chi connectivity index (χ1v) is 7.03. The van der Waals surface area contributed by atoms with Crippen molar-refractivity contribution in [3.05, 3.63) is 53.5 Å². The first-order valence-electron chi connectivity index (χ1n) is 7.03. The van der Waals surface area contributed by atoms with E-state index >= 15 is 0 Å². The van der Waals surface area contributed by atoms with E-state index in [-0.39, 0.29) is 11.3 Å². The van der Waals surface area contributed by atoms with Gasteiger partial charge >= 0.3 is 12.1 Å². The van der Waals surface area contributed by atoms with Crippen LogP contribution in [-0.4, -0.2) is 36.1 Å². The Kier molecular flexibility index (Phi) is 5.15. The maximum Gasteiger partial charge on any atom is 0.458 e. The maximum atomic E-state index is 14.0. The molecule has 0 saturated carbocycles. The number of hydrogen-bond donors (Lipinski definition) is 0. The molecule has 0 N–H and O–H groups in total. The van der Waals surface area contributed by atoms with Gasteiger partial charge in [0.2, 0.25) is 0 Å². The van der Waals surface area contributed by atoms with Crippen molar-refractivity contribution in [2.24, 2.45) is 0 Å². The van der Waals surface area contributed by atoms with Crippen LogP contribution in [-0.2, 0) is 5.92 Å². The molecule has 1 heterocycles. The van der Waals surface area contributed by atoms with E-state index in [1.165, 1.54) is 19.0 Å². The molecule has 1 aromatic carbocycles. The number of carbonyl (C=O) groups excluding carboxylic acids is 1. The molecule has 140 valence electrons. The largest absolute Gasteiger partial charge is 0.458 e. The van der Waals surface area contributed by atoms with Crippen molar-refractivity contribution >= 4 is 5.91 Å². The zero-order chi connectivity index (χ0) is 19.7. The van der Waals surface area contributed by atoms with Gasteiger partial charge < -0.3 is 9.64 Å². The summed E-state index contributed by atoms with van der Waals surface area (Å²) in [5.41, 5.74) is -1.32. The number of pyridine rings is 1. The average molecular weight is 378 g/mol. The smallest absolute Gasteiger partial charge is 0.436 e. The Morgan fingerprint density at radius 1 is 1.08 bits per heavy atom. The van der Waals surface area contributed by atoms with Gasteiger partial charge in [0.1, 0.15) is 5.75 Å². The fourth-order valence-electron chi connectivity index (χ4n) is 1.88. The number of halogens is 6. The molecular formula is C16H12F6N2O2. The van der Waals surface area contributed by atoms with E-state index in [9.17, 15) is 31.1 Å². The lowest BCUT2D eigenvalue weighted by Gasteiger charge is -2.19. The zero-order valence-electron chi connectivity index (χ0n) is 13.4. The molecular weight excluding hydrogens is 366 g/mol. The summed E-state index contributed by atoms with van der Waals surface area (Å²) >= 11 is 0. The topological polar surface area (TPSA) is 42.4 Å². The van der Waals surface area contributed by atoms with Crippen molar-refractivity contribution in [1.29, 1.82) is 0 Å². The molecule has 1 aromatic heterocycles. The minimum Gasteiger partial charge on any atom is -0.436 e. The highest BCUT2D eigenvalue weighted by atomic mass is 19.4. The van der Waals surface area contributed by atoms with Gasteiger partial charge in [0.05, 0.1) is 5.56 Å². The zero-order valence-corrected chi connectivity index (χ0v) is 13.4. The summed E-state index contributed by atoms with van der Waals surface area (Å²) in [5, 5.41) is 0. The molecule has 0 radical (unpaired) electrons. The van der Waals surface area contributed by atoms with Crippen molar-refractivity contribution in [2.45, 2.75) is 12.1 Å². The third-order valence-electron chi connectivity index (χ3n) is 3.25. The Hall–Kier alpha value is -2.78. The highest BCUT2D eigenvalue weighted by Crippen LogP contribution is 2.44. The molecule has 0 aliphatic rings. The number of ether oxygens (including phenoxy) is 1. The van der Waals surface area contributed by atoms with Crippen LogP contribution in [0.2, 0.25) is 0 Å². The second-order valence-electron chi connectivity index (χ2n) is 5.41. The van der Waals surface area contributed by atoms with Crippen LogP contribution in [0.4, 0.5) is 26.3 Å². The molecule has 0 aliphatic heterocycles. The fourth-order valence-corrected chi connectivity index (χ4v) is 1.88. The van der Waals surface area contributed by atoms with Crippen LogP contribution >= 0.6 is 0 Å². The van der Waals surface area contributed by atoms with E-state index in [0.29, 0.717) is 12.1 Å². The van der Waals surface area contributed by atoms with Crippen LogP contribution in [0.1, 0.15) is 15.9 Å². The van der Waals surface area contributed by atoms with E-state index in [0.717, 1.165) is 24.4 Å². The van der Waals surface area contributed by atoms with Crippen molar-refractivity contribution in [3.63, 3.8) is 0 Å². The van der Waals surface area contributed by atoms with E-state index in [1.807, 2.05) is 0 Å². The van der Waals surface area contributed by atoms with Crippen LogP contribution in [0.15, 0.2) is 36.5 Å². The molecule has 1 amide bonds. The number of carbonyl (C=O) groups is 1. The number of benzene rings is 1. The fraction of sp³-hybridized carbons (Fsp3) is 0.250. The normalized spacial score (nSPS) is 12.0. The summed E-state index contributed by atoms with van der Waals surface area (Å²) in [5.74, 6) is -7.28. The molecule has 0 fully saturated rings. The number of aromatic nitrogens is 1. The van der Waals surface area contributed by atoms with Crippen LogP contribution in [0.25, 0.3) is 0 Å². The predicted molar refractivity (Wildman–Crippen MR) is 78.7 cm³/mol. The van der Waals surface area contributed by atoms with Crippen molar-refractivity contribution in [1.82, 2.24) is 9.88 Å². The average Bonchev–Trinajstić information content (AvgIpc) is 2.55. The highest BCUT2D eigenvalue weighted by Gasteiger charge is 2.58. The van der Waals surface area contributed by atoms with Gasteiger partial charge in [0.15, 0.2) is 5.82 Å². The Morgan fingerprint density at radius 3 is 2.12 bits per heavy atom. The van der Waals surface area contributed by atoms with E-state index in [4.69, 9.17) is 4.74 Å². The second kappa shape index (κ2) is 6.85. The molecule has 0 spiro atoms. The Bertz CT molecular complexity index is 803. The molecule has 0 saturated heterocycles. The summed E-state index contributed by atoms with van der Waals surface area (Å²) in [6.45, 7) is 0. The third-order valence-corrected chi connectivity index (χ3v) is 3.25.